The van der Waals surface area contributed by atoms with Crippen molar-refractivity contribution in [2.75, 3.05) is 19.0 Å². The largest absolute Gasteiger partial charge is 0.373 e. The Morgan fingerprint density at radius 3 is 2.50 bits per heavy atom. The zero-order valence-corrected chi connectivity index (χ0v) is 12.2. The van der Waals surface area contributed by atoms with Crippen LogP contribution in [0.15, 0.2) is 6.07 Å². The zero-order chi connectivity index (χ0) is 13.5. The highest BCUT2D eigenvalue weighted by atomic mass is 16.5. The minimum atomic E-state index is -0.0429. The second-order valence-corrected chi connectivity index (χ2v) is 4.78. The van der Waals surface area contributed by atoms with Crippen LogP contribution in [0.3, 0.4) is 0 Å². The maximum atomic E-state index is 5.50. The third kappa shape index (κ3) is 3.95. The van der Waals surface area contributed by atoms with Crippen molar-refractivity contribution in [3.8, 4) is 0 Å². The summed E-state index contributed by atoms with van der Waals surface area (Å²) in [5, 5.41) is 3.32. The Bertz CT molecular complexity index is 366. The Labute approximate surface area is 110 Å². The third-order valence-electron chi connectivity index (χ3n) is 2.83. The van der Waals surface area contributed by atoms with E-state index in [2.05, 4.69) is 43.0 Å². The summed E-state index contributed by atoms with van der Waals surface area (Å²) in [7, 11) is 1.71. The quantitative estimate of drug-likeness (QED) is 0.808. The fourth-order valence-corrected chi connectivity index (χ4v) is 1.85. The minimum absolute atomic E-state index is 0.0429. The Hall–Kier alpha value is -1.16. The summed E-state index contributed by atoms with van der Waals surface area (Å²) in [6.07, 6.45) is 1.95. The molecule has 0 saturated heterocycles. The number of hydrogen-bond donors (Lipinski definition) is 1. The van der Waals surface area contributed by atoms with Crippen LogP contribution in [0.5, 0.6) is 0 Å². The number of aryl methyl sites for hydroxylation is 1. The lowest BCUT2D eigenvalue weighted by Crippen LogP contribution is -2.15. The van der Waals surface area contributed by atoms with Crippen LogP contribution >= 0.6 is 0 Å². The summed E-state index contributed by atoms with van der Waals surface area (Å²) in [6, 6.07) is 2.02. The van der Waals surface area contributed by atoms with Crippen LogP contribution in [0.4, 0.5) is 5.82 Å². The second kappa shape index (κ2) is 7.31. The Morgan fingerprint density at radius 2 is 2.00 bits per heavy atom. The van der Waals surface area contributed by atoms with Crippen molar-refractivity contribution in [1.82, 2.24) is 9.97 Å². The highest BCUT2D eigenvalue weighted by Gasteiger charge is 2.19. The van der Waals surface area contributed by atoms with E-state index in [1.165, 1.54) is 0 Å². The van der Waals surface area contributed by atoms with Gasteiger partial charge in [-0.15, -0.1) is 0 Å². The molecule has 0 bridgehead atoms. The molecule has 1 rings (SSSR count). The van der Waals surface area contributed by atoms with Crippen molar-refractivity contribution in [1.29, 1.82) is 0 Å². The summed E-state index contributed by atoms with van der Waals surface area (Å²) in [5.41, 5.74) is 1.06. The van der Waals surface area contributed by atoms with Gasteiger partial charge in [0, 0.05) is 25.4 Å². The van der Waals surface area contributed by atoms with Gasteiger partial charge in [0.2, 0.25) is 0 Å². The van der Waals surface area contributed by atoms with Gasteiger partial charge in [0.15, 0.2) is 5.82 Å². The van der Waals surface area contributed by atoms with E-state index in [-0.39, 0.29) is 6.10 Å². The van der Waals surface area contributed by atoms with E-state index in [1.807, 2.05) is 6.07 Å². The van der Waals surface area contributed by atoms with Crippen molar-refractivity contribution in [3.63, 3.8) is 0 Å². The molecular formula is C14H25N3O. The minimum Gasteiger partial charge on any atom is -0.373 e. The first-order valence-electron chi connectivity index (χ1n) is 6.76. The number of ether oxygens (including phenoxy) is 1. The van der Waals surface area contributed by atoms with Crippen LogP contribution in [0.2, 0.25) is 0 Å². The maximum Gasteiger partial charge on any atom is 0.159 e. The Kier molecular flexibility index (Phi) is 6.05. The maximum absolute atomic E-state index is 5.50. The van der Waals surface area contributed by atoms with Gasteiger partial charge in [-0.25, -0.2) is 9.97 Å². The average Bonchev–Trinajstić information content (AvgIpc) is 2.36. The summed E-state index contributed by atoms with van der Waals surface area (Å²) in [6.45, 7) is 9.42. The Balaban J connectivity index is 3.02. The smallest absolute Gasteiger partial charge is 0.159 e. The van der Waals surface area contributed by atoms with Gasteiger partial charge in [-0.3, -0.25) is 0 Å². The molecular weight excluding hydrogens is 226 g/mol. The molecule has 1 aromatic heterocycles. The molecule has 0 fully saturated rings. The molecule has 4 nitrogen and oxygen atoms in total. The molecule has 1 atom stereocenters. The van der Waals surface area contributed by atoms with E-state index in [4.69, 9.17) is 4.74 Å². The van der Waals surface area contributed by atoms with Crippen LogP contribution in [0.1, 0.15) is 51.7 Å². The predicted octanol–water partition coefficient (Wildman–Crippen LogP) is 3.20. The summed E-state index contributed by atoms with van der Waals surface area (Å²) < 4.78 is 5.50. The van der Waals surface area contributed by atoms with E-state index in [9.17, 15) is 0 Å². The van der Waals surface area contributed by atoms with Gasteiger partial charge in [0.25, 0.3) is 0 Å². The molecule has 0 aliphatic carbocycles. The van der Waals surface area contributed by atoms with Gasteiger partial charge in [-0.2, -0.15) is 0 Å². The number of aromatic nitrogens is 2. The van der Waals surface area contributed by atoms with E-state index >= 15 is 0 Å². The summed E-state index contributed by atoms with van der Waals surface area (Å²) >= 11 is 0. The van der Waals surface area contributed by atoms with Crippen molar-refractivity contribution in [2.24, 2.45) is 5.92 Å². The van der Waals surface area contributed by atoms with E-state index in [0.717, 1.165) is 36.7 Å². The molecule has 18 heavy (non-hydrogen) atoms. The van der Waals surface area contributed by atoms with Gasteiger partial charge in [0.05, 0.1) is 0 Å². The summed E-state index contributed by atoms with van der Waals surface area (Å²) in [5.74, 6) is 2.05. The van der Waals surface area contributed by atoms with Crippen molar-refractivity contribution in [3.05, 3.63) is 17.6 Å². The van der Waals surface area contributed by atoms with E-state index in [1.54, 1.807) is 7.11 Å². The first-order valence-corrected chi connectivity index (χ1v) is 6.76. The molecule has 102 valence electrons. The number of methoxy groups -OCH3 is 1. The molecule has 0 aliphatic heterocycles. The SMILES string of the molecule is CCCNc1cc(CC)nc(C(OC)C(C)C)n1. The normalized spacial score (nSPS) is 12.8. The van der Waals surface area contributed by atoms with Gasteiger partial charge in [-0.1, -0.05) is 27.7 Å². The predicted molar refractivity (Wildman–Crippen MR) is 74.8 cm³/mol. The molecule has 4 heteroatoms. The Morgan fingerprint density at radius 1 is 1.28 bits per heavy atom. The summed E-state index contributed by atoms with van der Waals surface area (Å²) in [4.78, 5) is 9.14. The number of nitrogens with one attached hydrogen (secondary N) is 1. The zero-order valence-electron chi connectivity index (χ0n) is 12.2. The third-order valence-corrected chi connectivity index (χ3v) is 2.83. The first kappa shape index (κ1) is 14.9. The molecule has 1 heterocycles. The molecule has 0 radical (unpaired) electrons. The van der Waals surface area contributed by atoms with Gasteiger partial charge < -0.3 is 10.1 Å². The average molecular weight is 251 g/mol. The van der Waals surface area contributed by atoms with Crippen LogP contribution in [0, 0.1) is 5.92 Å². The number of anilines is 1. The topological polar surface area (TPSA) is 47.0 Å². The highest BCUT2D eigenvalue weighted by Crippen LogP contribution is 2.23. The van der Waals surface area contributed by atoms with E-state index < -0.39 is 0 Å². The number of nitrogens with zero attached hydrogens (tertiary/aromatic N) is 2. The molecule has 1 N–H and O–H groups in total. The molecule has 1 aromatic rings. The molecule has 1 unspecified atom stereocenters. The lowest BCUT2D eigenvalue weighted by Gasteiger charge is -2.19. The van der Waals surface area contributed by atoms with E-state index in [0.29, 0.717) is 5.92 Å². The fourth-order valence-electron chi connectivity index (χ4n) is 1.85. The molecule has 0 spiro atoms. The lowest BCUT2D eigenvalue weighted by molar-refractivity contribution is 0.0574. The standard InChI is InChI=1S/C14H25N3O/c1-6-8-15-12-9-11(7-2)16-14(17-12)13(18-5)10(3)4/h9-10,13H,6-8H2,1-5H3,(H,15,16,17). The van der Waals surface area contributed by atoms with Crippen LogP contribution in [0.25, 0.3) is 0 Å². The molecule has 0 saturated carbocycles. The number of hydrogen-bond acceptors (Lipinski definition) is 4. The monoisotopic (exact) mass is 251 g/mol. The first-order chi connectivity index (χ1) is 8.62. The van der Waals surface area contributed by atoms with Crippen molar-refractivity contribution >= 4 is 5.82 Å². The van der Waals surface area contributed by atoms with Crippen LogP contribution in [-0.2, 0) is 11.2 Å². The van der Waals surface area contributed by atoms with Crippen LogP contribution < -0.4 is 5.32 Å². The highest BCUT2D eigenvalue weighted by molar-refractivity contribution is 5.36. The molecule has 0 aliphatic rings. The fraction of sp³-hybridized carbons (Fsp3) is 0.714. The molecule has 0 aromatic carbocycles. The number of rotatable bonds is 7. The van der Waals surface area contributed by atoms with Crippen molar-refractivity contribution in [2.45, 2.75) is 46.6 Å². The van der Waals surface area contributed by atoms with Crippen LogP contribution in [-0.4, -0.2) is 23.6 Å². The van der Waals surface area contributed by atoms with Gasteiger partial charge in [0.1, 0.15) is 11.9 Å². The molecule has 0 amide bonds. The second-order valence-electron chi connectivity index (χ2n) is 4.78. The lowest BCUT2D eigenvalue weighted by atomic mass is 10.1. The van der Waals surface area contributed by atoms with Crippen molar-refractivity contribution < 1.29 is 4.74 Å². The van der Waals surface area contributed by atoms with Gasteiger partial charge in [-0.05, 0) is 18.8 Å². The van der Waals surface area contributed by atoms with Gasteiger partial charge >= 0.3 is 0 Å².